The van der Waals surface area contributed by atoms with E-state index in [1.54, 1.807) is 18.2 Å². The normalized spacial score (nSPS) is 11.4. The molecular weight excluding hydrogens is 492 g/mol. The molecule has 1 atom stereocenters. The lowest BCUT2D eigenvalue weighted by molar-refractivity contribution is 0.0932. The zero-order chi connectivity index (χ0) is 27.8. The lowest BCUT2D eigenvalue weighted by Crippen LogP contribution is -2.28. The van der Waals surface area contributed by atoms with E-state index >= 15 is 0 Å². The second-order valence-electron chi connectivity index (χ2n) is 9.25. The third-order valence-electron chi connectivity index (χ3n) is 6.27. The molecule has 0 heterocycles. The molecule has 2 amide bonds. The number of carbonyl (C=O) groups is 2. The number of rotatable bonds is 9. The van der Waals surface area contributed by atoms with Crippen LogP contribution >= 0.6 is 0 Å². The molecule has 7 nitrogen and oxygen atoms in total. The molecule has 4 aromatic carbocycles. The quantitative estimate of drug-likeness (QED) is 0.212. The van der Waals surface area contributed by atoms with Crippen LogP contribution in [-0.2, 0) is 11.3 Å². The summed E-state index contributed by atoms with van der Waals surface area (Å²) < 4.78 is 11.4. The van der Waals surface area contributed by atoms with Crippen LogP contribution in [0, 0.1) is 13.8 Å². The number of phenols is 1. The van der Waals surface area contributed by atoms with Crippen LogP contribution in [-0.4, -0.2) is 17.1 Å². The van der Waals surface area contributed by atoms with Gasteiger partial charge in [0.1, 0.15) is 23.9 Å². The number of carbonyl (C=O) groups excluding carboxylic acids is 2. The Morgan fingerprint density at radius 2 is 1.51 bits per heavy atom. The van der Waals surface area contributed by atoms with E-state index in [9.17, 15) is 14.7 Å². The van der Waals surface area contributed by atoms with E-state index in [-0.39, 0.29) is 24.0 Å². The van der Waals surface area contributed by atoms with Gasteiger partial charge in [0.2, 0.25) is 0 Å². The Balaban J connectivity index is 1.44. The predicted molar refractivity (Wildman–Crippen MR) is 151 cm³/mol. The van der Waals surface area contributed by atoms with Crippen LogP contribution < -0.4 is 15.4 Å². The molecule has 39 heavy (non-hydrogen) atoms. The zero-order valence-electron chi connectivity index (χ0n) is 22.2. The largest absolute Gasteiger partial charge is 0.507 e. The molecule has 200 valence electrons. The summed E-state index contributed by atoms with van der Waals surface area (Å²) in [5, 5.41) is 16.1. The Morgan fingerprint density at radius 3 is 2.15 bits per heavy atom. The Kier molecular flexibility index (Phi) is 8.84. The summed E-state index contributed by atoms with van der Waals surface area (Å²) in [6, 6.07) is 27.1. The molecule has 1 unspecified atom stereocenters. The third kappa shape index (κ3) is 7.17. The van der Waals surface area contributed by atoms with E-state index in [1.807, 2.05) is 81.4 Å². The maximum Gasteiger partial charge on any atom is 0.411 e. The van der Waals surface area contributed by atoms with Crippen LogP contribution in [0.25, 0.3) is 0 Å². The Morgan fingerprint density at radius 1 is 0.872 bits per heavy atom. The van der Waals surface area contributed by atoms with Gasteiger partial charge in [-0.3, -0.25) is 10.1 Å². The van der Waals surface area contributed by atoms with Gasteiger partial charge in [-0.05, 0) is 72.9 Å². The minimum Gasteiger partial charge on any atom is -0.507 e. The molecule has 0 radical (unpaired) electrons. The second-order valence-corrected chi connectivity index (χ2v) is 9.25. The molecule has 3 N–H and O–H groups in total. The average molecular weight is 525 g/mol. The summed E-state index contributed by atoms with van der Waals surface area (Å²) in [7, 11) is 0. The van der Waals surface area contributed by atoms with Crippen molar-refractivity contribution in [3.63, 3.8) is 0 Å². The lowest BCUT2D eigenvalue weighted by Gasteiger charge is -2.19. The topological polar surface area (TPSA) is 96.9 Å². The number of hydrogen-bond donors (Lipinski definition) is 3. The van der Waals surface area contributed by atoms with Crippen LogP contribution in [0.5, 0.6) is 17.2 Å². The molecule has 0 aromatic heterocycles. The number of aromatic hydroxyl groups is 1. The molecule has 0 saturated heterocycles. The van der Waals surface area contributed by atoms with Crippen molar-refractivity contribution in [1.82, 2.24) is 5.32 Å². The number of amides is 2. The van der Waals surface area contributed by atoms with Crippen LogP contribution in [0.2, 0.25) is 0 Å². The van der Waals surface area contributed by atoms with E-state index in [4.69, 9.17) is 9.47 Å². The maximum atomic E-state index is 13.1. The first-order chi connectivity index (χ1) is 18.8. The highest BCUT2D eigenvalue weighted by Gasteiger charge is 2.18. The molecule has 4 aromatic rings. The van der Waals surface area contributed by atoms with E-state index in [0.29, 0.717) is 23.6 Å². The van der Waals surface area contributed by atoms with Crippen LogP contribution in [0.3, 0.4) is 0 Å². The molecule has 0 aliphatic heterocycles. The summed E-state index contributed by atoms with van der Waals surface area (Å²) in [6.45, 7) is 5.89. The summed E-state index contributed by atoms with van der Waals surface area (Å²) in [5.74, 6) is 0.464. The fourth-order valence-corrected chi connectivity index (χ4v) is 4.28. The van der Waals surface area contributed by atoms with Crippen molar-refractivity contribution in [3.05, 3.63) is 119 Å². The fraction of sp³-hybridized carbons (Fsp3) is 0.188. The summed E-state index contributed by atoms with van der Waals surface area (Å²) >= 11 is 0. The van der Waals surface area contributed by atoms with E-state index in [0.717, 1.165) is 22.3 Å². The van der Waals surface area contributed by atoms with Gasteiger partial charge in [0, 0.05) is 5.69 Å². The van der Waals surface area contributed by atoms with Crippen molar-refractivity contribution >= 4 is 17.7 Å². The molecule has 0 bridgehead atoms. The first kappa shape index (κ1) is 27.3. The lowest BCUT2D eigenvalue weighted by atomic mass is 10.0. The first-order valence-corrected chi connectivity index (χ1v) is 12.8. The van der Waals surface area contributed by atoms with Gasteiger partial charge >= 0.3 is 6.09 Å². The van der Waals surface area contributed by atoms with Crippen molar-refractivity contribution in [2.45, 2.75) is 39.8 Å². The highest BCUT2D eigenvalue weighted by Crippen LogP contribution is 2.33. The van der Waals surface area contributed by atoms with Crippen LogP contribution in [0.15, 0.2) is 91.0 Å². The molecule has 0 spiro atoms. The number of aryl methyl sites for hydroxylation is 2. The van der Waals surface area contributed by atoms with Crippen molar-refractivity contribution in [1.29, 1.82) is 0 Å². The number of phenolic OH excluding ortho intramolecular Hbond substituents is 1. The van der Waals surface area contributed by atoms with E-state index in [2.05, 4.69) is 10.6 Å². The smallest absolute Gasteiger partial charge is 0.411 e. The van der Waals surface area contributed by atoms with Gasteiger partial charge in [-0.15, -0.1) is 0 Å². The van der Waals surface area contributed by atoms with Crippen molar-refractivity contribution < 1.29 is 24.2 Å². The van der Waals surface area contributed by atoms with Gasteiger partial charge in [0.15, 0.2) is 0 Å². The van der Waals surface area contributed by atoms with Gasteiger partial charge in [-0.1, -0.05) is 67.6 Å². The number of ether oxygens (including phenoxy) is 2. The Labute approximate surface area is 228 Å². The van der Waals surface area contributed by atoms with E-state index in [1.165, 1.54) is 12.1 Å². The zero-order valence-corrected chi connectivity index (χ0v) is 22.2. The second kappa shape index (κ2) is 12.6. The van der Waals surface area contributed by atoms with Crippen molar-refractivity contribution in [2.24, 2.45) is 0 Å². The standard InChI is InChI=1S/C32H32N2O5/c1-4-28(24-13-9-6-10-14-24)34-31(36)27-19-26(15-16-29(27)35)39-30-21(2)17-25(18-22(30)3)33-32(37)38-20-23-11-7-5-8-12-23/h5-19,28,35H,4,20H2,1-3H3,(H,33,37)(H,34,36). The van der Waals surface area contributed by atoms with Gasteiger partial charge in [0.25, 0.3) is 5.91 Å². The SMILES string of the molecule is CCC(NC(=O)c1cc(Oc2c(C)cc(NC(=O)OCc3ccccc3)cc2C)ccc1O)c1ccccc1. The number of nitrogens with one attached hydrogen (secondary N) is 2. The highest BCUT2D eigenvalue weighted by molar-refractivity contribution is 5.97. The van der Waals surface area contributed by atoms with Gasteiger partial charge in [0.05, 0.1) is 11.6 Å². The number of hydrogen-bond acceptors (Lipinski definition) is 5. The summed E-state index contributed by atoms with van der Waals surface area (Å²) in [4.78, 5) is 25.3. The molecular formula is C32H32N2O5. The molecule has 0 fully saturated rings. The highest BCUT2D eigenvalue weighted by atomic mass is 16.5. The minimum atomic E-state index is -0.554. The molecule has 7 heteroatoms. The summed E-state index contributed by atoms with van der Waals surface area (Å²) in [6.07, 6.45) is 0.145. The Bertz CT molecular complexity index is 1410. The predicted octanol–water partition coefficient (Wildman–Crippen LogP) is 7.43. The minimum absolute atomic E-state index is 0.122. The summed E-state index contributed by atoms with van der Waals surface area (Å²) in [5.41, 5.74) is 4.15. The molecule has 4 rings (SSSR count). The molecule has 0 saturated carbocycles. The fourth-order valence-electron chi connectivity index (χ4n) is 4.28. The molecule has 0 aliphatic rings. The van der Waals surface area contributed by atoms with Gasteiger partial charge in [-0.2, -0.15) is 0 Å². The number of benzene rings is 4. The Hall–Kier alpha value is -4.78. The monoisotopic (exact) mass is 524 g/mol. The molecule has 0 aliphatic carbocycles. The average Bonchev–Trinajstić information content (AvgIpc) is 2.94. The third-order valence-corrected chi connectivity index (χ3v) is 6.27. The van der Waals surface area contributed by atoms with Crippen molar-refractivity contribution in [3.8, 4) is 17.2 Å². The first-order valence-electron chi connectivity index (χ1n) is 12.8. The maximum absolute atomic E-state index is 13.1. The van der Waals surface area contributed by atoms with Gasteiger partial charge in [-0.25, -0.2) is 4.79 Å². The van der Waals surface area contributed by atoms with Crippen LogP contribution in [0.1, 0.15) is 52.0 Å². The van der Waals surface area contributed by atoms with Crippen LogP contribution in [0.4, 0.5) is 10.5 Å². The number of anilines is 1. The van der Waals surface area contributed by atoms with Gasteiger partial charge < -0.3 is 19.9 Å². The van der Waals surface area contributed by atoms with E-state index < -0.39 is 12.0 Å². The van der Waals surface area contributed by atoms with Crippen molar-refractivity contribution in [2.75, 3.05) is 5.32 Å².